The molecule has 0 radical (unpaired) electrons. The number of ether oxygens (including phenoxy) is 1. The van der Waals surface area contributed by atoms with Gasteiger partial charge in [0.1, 0.15) is 5.75 Å². The van der Waals surface area contributed by atoms with Crippen LogP contribution in [0.3, 0.4) is 0 Å². The number of hydrogen-bond acceptors (Lipinski definition) is 5. The molecular weight excluding hydrogens is 234 g/mol. The molecule has 1 aromatic heterocycles. The van der Waals surface area contributed by atoms with Gasteiger partial charge in [0.05, 0.1) is 7.11 Å². The highest BCUT2D eigenvalue weighted by molar-refractivity contribution is 5.89. The molecule has 0 aliphatic carbocycles. The zero-order valence-corrected chi connectivity index (χ0v) is 10.1. The van der Waals surface area contributed by atoms with Crippen LogP contribution in [0.15, 0.2) is 28.7 Å². The van der Waals surface area contributed by atoms with Crippen molar-refractivity contribution in [3.63, 3.8) is 0 Å². The third-order valence-electron chi connectivity index (χ3n) is 2.35. The molecule has 0 aliphatic heterocycles. The quantitative estimate of drug-likeness (QED) is 0.881. The summed E-state index contributed by atoms with van der Waals surface area (Å²) in [7, 11) is 1.59. The Balaban J connectivity index is 2.01. The van der Waals surface area contributed by atoms with E-state index in [-0.39, 0.29) is 5.89 Å². The highest BCUT2D eigenvalue weighted by Gasteiger charge is 2.13. The van der Waals surface area contributed by atoms with Crippen LogP contribution in [-0.4, -0.2) is 23.2 Å². The topological polar surface area (TPSA) is 77.2 Å². The van der Waals surface area contributed by atoms with Crippen molar-refractivity contribution in [1.29, 1.82) is 0 Å². The van der Waals surface area contributed by atoms with Crippen LogP contribution in [-0.2, 0) is 6.54 Å². The minimum absolute atomic E-state index is 0.0394. The molecule has 1 heterocycles. The van der Waals surface area contributed by atoms with Crippen LogP contribution in [0.4, 0.5) is 0 Å². The summed E-state index contributed by atoms with van der Waals surface area (Å²) >= 11 is 0. The first-order valence-corrected chi connectivity index (χ1v) is 5.41. The van der Waals surface area contributed by atoms with Crippen LogP contribution >= 0.6 is 0 Å². The molecule has 6 nitrogen and oxygen atoms in total. The van der Waals surface area contributed by atoms with E-state index in [9.17, 15) is 4.79 Å². The van der Waals surface area contributed by atoms with Gasteiger partial charge in [-0.2, -0.15) is 0 Å². The molecule has 6 heteroatoms. The number of methoxy groups -OCH3 is 1. The molecule has 18 heavy (non-hydrogen) atoms. The van der Waals surface area contributed by atoms with Crippen molar-refractivity contribution in [2.45, 2.75) is 13.5 Å². The number of hydrogen-bond donors (Lipinski definition) is 1. The molecule has 0 saturated heterocycles. The molecule has 2 aromatic rings. The summed E-state index contributed by atoms with van der Waals surface area (Å²) in [6.45, 7) is 1.97. The maximum Gasteiger partial charge on any atom is 0.309 e. The number of aryl methyl sites for hydroxylation is 1. The van der Waals surface area contributed by atoms with Gasteiger partial charge in [-0.25, -0.2) is 0 Å². The molecule has 0 aliphatic rings. The average molecular weight is 247 g/mol. The molecule has 94 valence electrons. The second-order valence-corrected chi connectivity index (χ2v) is 3.62. The SMILES string of the molecule is COc1ccccc1CNC(=O)c1nnc(C)o1. The van der Waals surface area contributed by atoms with E-state index >= 15 is 0 Å². The number of rotatable bonds is 4. The van der Waals surface area contributed by atoms with Crippen LogP contribution in [0.2, 0.25) is 0 Å². The summed E-state index contributed by atoms with van der Waals surface area (Å²) in [5.41, 5.74) is 0.879. The van der Waals surface area contributed by atoms with Gasteiger partial charge in [-0.15, -0.1) is 10.2 Å². The van der Waals surface area contributed by atoms with E-state index in [0.29, 0.717) is 12.4 Å². The lowest BCUT2D eigenvalue weighted by Crippen LogP contribution is -2.23. The minimum Gasteiger partial charge on any atom is -0.496 e. The van der Waals surface area contributed by atoms with Gasteiger partial charge >= 0.3 is 11.8 Å². The first-order chi connectivity index (χ1) is 8.70. The molecule has 2 rings (SSSR count). The van der Waals surface area contributed by atoms with Gasteiger partial charge in [0.25, 0.3) is 0 Å². The standard InChI is InChI=1S/C12H13N3O3/c1-8-14-15-12(18-8)11(16)13-7-9-5-3-4-6-10(9)17-2/h3-6H,7H2,1-2H3,(H,13,16). The zero-order valence-electron chi connectivity index (χ0n) is 10.1. The number of carbonyl (C=O) groups is 1. The van der Waals surface area contributed by atoms with Crippen molar-refractivity contribution in [2.75, 3.05) is 7.11 Å². The second-order valence-electron chi connectivity index (χ2n) is 3.62. The zero-order chi connectivity index (χ0) is 13.0. The molecule has 0 fully saturated rings. The first kappa shape index (κ1) is 12.1. The largest absolute Gasteiger partial charge is 0.496 e. The minimum atomic E-state index is -0.401. The van der Waals surface area contributed by atoms with Crippen molar-refractivity contribution >= 4 is 5.91 Å². The lowest BCUT2D eigenvalue weighted by molar-refractivity contribution is 0.0914. The molecule has 0 spiro atoms. The van der Waals surface area contributed by atoms with Gasteiger partial charge in [0.15, 0.2) is 0 Å². The molecule has 0 saturated carbocycles. The third-order valence-corrected chi connectivity index (χ3v) is 2.35. The number of aromatic nitrogens is 2. The van der Waals surface area contributed by atoms with Crippen LogP contribution in [0.1, 0.15) is 22.1 Å². The van der Waals surface area contributed by atoms with E-state index in [4.69, 9.17) is 9.15 Å². The normalized spacial score (nSPS) is 10.1. The van der Waals surface area contributed by atoms with Crippen molar-refractivity contribution in [3.8, 4) is 5.75 Å². The summed E-state index contributed by atoms with van der Waals surface area (Å²) in [6, 6.07) is 7.45. The molecule has 1 N–H and O–H groups in total. The van der Waals surface area contributed by atoms with Crippen LogP contribution in [0.25, 0.3) is 0 Å². The number of nitrogens with zero attached hydrogens (tertiary/aromatic N) is 2. The molecule has 0 bridgehead atoms. The van der Waals surface area contributed by atoms with Gasteiger partial charge in [-0.05, 0) is 6.07 Å². The van der Waals surface area contributed by atoms with E-state index in [1.165, 1.54) is 0 Å². The molecule has 0 atom stereocenters. The fourth-order valence-corrected chi connectivity index (χ4v) is 1.49. The Morgan fingerprint density at radius 1 is 1.39 bits per heavy atom. The van der Waals surface area contributed by atoms with Crippen molar-refractivity contribution < 1.29 is 13.9 Å². The van der Waals surface area contributed by atoms with E-state index in [0.717, 1.165) is 11.3 Å². The average Bonchev–Trinajstić information content (AvgIpc) is 2.83. The predicted octanol–water partition coefficient (Wildman–Crippen LogP) is 1.32. The summed E-state index contributed by atoms with van der Waals surface area (Å²) in [5.74, 6) is 0.640. The highest BCUT2D eigenvalue weighted by Crippen LogP contribution is 2.16. The van der Waals surface area contributed by atoms with E-state index < -0.39 is 5.91 Å². The molecular formula is C12H13N3O3. The monoisotopic (exact) mass is 247 g/mol. The number of benzene rings is 1. The number of para-hydroxylation sites is 1. The van der Waals surface area contributed by atoms with Crippen molar-refractivity contribution in [2.24, 2.45) is 0 Å². The van der Waals surface area contributed by atoms with Crippen molar-refractivity contribution in [1.82, 2.24) is 15.5 Å². The Morgan fingerprint density at radius 3 is 2.83 bits per heavy atom. The highest BCUT2D eigenvalue weighted by atomic mass is 16.5. The van der Waals surface area contributed by atoms with Crippen LogP contribution in [0, 0.1) is 6.92 Å². The Kier molecular flexibility index (Phi) is 3.57. The van der Waals surface area contributed by atoms with E-state index in [1.807, 2.05) is 24.3 Å². The van der Waals surface area contributed by atoms with Crippen LogP contribution < -0.4 is 10.1 Å². The third kappa shape index (κ3) is 2.65. The number of amides is 1. The number of nitrogens with one attached hydrogen (secondary N) is 1. The molecule has 1 amide bonds. The second kappa shape index (κ2) is 5.31. The Morgan fingerprint density at radius 2 is 2.17 bits per heavy atom. The summed E-state index contributed by atoms with van der Waals surface area (Å²) in [6.07, 6.45) is 0. The van der Waals surface area contributed by atoms with Gasteiger partial charge in [0.2, 0.25) is 5.89 Å². The van der Waals surface area contributed by atoms with Gasteiger partial charge in [-0.3, -0.25) is 4.79 Å². The molecule has 1 aromatic carbocycles. The Bertz CT molecular complexity index is 551. The predicted molar refractivity (Wildman–Crippen MR) is 63.2 cm³/mol. The van der Waals surface area contributed by atoms with E-state index in [1.54, 1.807) is 14.0 Å². The Labute approximate surface area is 104 Å². The first-order valence-electron chi connectivity index (χ1n) is 5.41. The van der Waals surface area contributed by atoms with Gasteiger partial charge < -0.3 is 14.5 Å². The lowest BCUT2D eigenvalue weighted by Gasteiger charge is -2.07. The van der Waals surface area contributed by atoms with Gasteiger partial charge in [0, 0.05) is 19.0 Å². The molecule has 0 unspecified atom stereocenters. The summed E-state index contributed by atoms with van der Waals surface area (Å²) < 4.78 is 10.2. The summed E-state index contributed by atoms with van der Waals surface area (Å²) in [4.78, 5) is 11.7. The summed E-state index contributed by atoms with van der Waals surface area (Å²) in [5, 5.41) is 9.92. The van der Waals surface area contributed by atoms with Crippen molar-refractivity contribution in [3.05, 3.63) is 41.6 Å². The van der Waals surface area contributed by atoms with E-state index in [2.05, 4.69) is 15.5 Å². The maximum atomic E-state index is 11.7. The smallest absolute Gasteiger partial charge is 0.309 e. The van der Waals surface area contributed by atoms with Gasteiger partial charge in [-0.1, -0.05) is 18.2 Å². The maximum absolute atomic E-state index is 11.7. The van der Waals surface area contributed by atoms with Crippen LogP contribution in [0.5, 0.6) is 5.75 Å². The number of carbonyl (C=O) groups excluding carboxylic acids is 1. The fraction of sp³-hybridized carbons (Fsp3) is 0.250. The fourth-order valence-electron chi connectivity index (χ4n) is 1.49. The lowest BCUT2D eigenvalue weighted by atomic mass is 10.2. The Hall–Kier alpha value is -2.37.